The van der Waals surface area contributed by atoms with Crippen LogP contribution in [0.3, 0.4) is 0 Å². The molecule has 4 N–H and O–H groups in total. The smallest absolute Gasteiger partial charge is 0.328 e. The third-order valence-corrected chi connectivity index (χ3v) is 9.81. The van der Waals surface area contributed by atoms with Crippen molar-refractivity contribution in [2.45, 2.75) is 212 Å². The molecule has 0 aliphatic carbocycles. The van der Waals surface area contributed by atoms with Crippen molar-refractivity contribution in [2.24, 2.45) is 0 Å². The number of carbonyl (C=O) groups excluding carboxylic acids is 3. The Hall–Kier alpha value is -3.20. The first-order chi connectivity index (χ1) is 27.3. The van der Waals surface area contributed by atoms with Crippen LogP contribution in [-0.2, 0) is 23.9 Å². The molecule has 0 aromatic rings. The van der Waals surface area contributed by atoms with Gasteiger partial charge in [-0.2, -0.15) is 0 Å². The quantitative estimate of drug-likeness (QED) is 0.0275. The first-order valence-electron chi connectivity index (χ1n) is 22.5. The lowest BCUT2D eigenvalue weighted by molar-refractivity contribution is -0.150. The van der Waals surface area contributed by atoms with Gasteiger partial charge in [0.1, 0.15) is 12.1 Å². The summed E-state index contributed by atoms with van der Waals surface area (Å²) in [5.41, 5.74) is 0. The van der Waals surface area contributed by atoms with E-state index in [4.69, 9.17) is 14.9 Å². The molecule has 2 unspecified atom stereocenters. The number of carbonyl (C=O) groups is 4. The minimum absolute atomic E-state index is 0.0541. The van der Waals surface area contributed by atoms with Crippen molar-refractivity contribution in [2.75, 3.05) is 13.2 Å². The van der Waals surface area contributed by atoms with Crippen LogP contribution in [-0.4, -0.2) is 59.3 Å². The Bertz CT molecular complexity index is 1080. The summed E-state index contributed by atoms with van der Waals surface area (Å²) in [4.78, 5) is 47.6. The summed E-state index contributed by atoms with van der Waals surface area (Å²) in [6.45, 7) is 3.37. The molecule has 0 aromatic carbocycles. The fourth-order valence-electron chi connectivity index (χ4n) is 6.38. The number of hydrogen-bond donors (Lipinski definition) is 4. The lowest BCUT2D eigenvalue weighted by atomic mass is 10.0. The number of carboxylic acid groups (broad SMARTS) is 1. The summed E-state index contributed by atoms with van der Waals surface area (Å²) in [6, 6.07) is -1.39. The first-order valence-corrected chi connectivity index (χ1v) is 22.5. The monoisotopic (exact) mass is 787 g/mol. The molecule has 0 aromatic heterocycles. The predicted octanol–water partition coefficient (Wildman–Crippen LogP) is 11.2. The highest BCUT2D eigenvalue weighted by molar-refractivity contribution is 5.87. The summed E-state index contributed by atoms with van der Waals surface area (Å²) in [7, 11) is 0. The van der Waals surface area contributed by atoms with Gasteiger partial charge < -0.3 is 25.6 Å². The van der Waals surface area contributed by atoms with E-state index in [0.717, 1.165) is 103 Å². The summed E-state index contributed by atoms with van der Waals surface area (Å²) >= 11 is 0. The Kier molecular flexibility index (Phi) is 39.1. The van der Waals surface area contributed by atoms with Crippen molar-refractivity contribution in [3.63, 3.8) is 0 Å². The minimum Gasteiger partial charge on any atom is -0.480 e. The minimum atomic E-state index is -1.39. The van der Waals surface area contributed by atoms with Gasteiger partial charge in [-0.25, -0.2) is 4.79 Å². The Morgan fingerprint density at radius 1 is 0.554 bits per heavy atom. The van der Waals surface area contributed by atoms with Crippen LogP contribution in [0, 0.1) is 0 Å². The van der Waals surface area contributed by atoms with Crippen LogP contribution in [0.5, 0.6) is 0 Å². The largest absolute Gasteiger partial charge is 0.480 e. The molecule has 0 aliphatic heterocycles. The van der Waals surface area contributed by atoms with Crippen molar-refractivity contribution >= 4 is 23.8 Å². The topological polar surface area (TPSA) is 142 Å². The average molecular weight is 787 g/mol. The Labute approximate surface area is 341 Å². The third kappa shape index (κ3) is 37.7. The summed E-state index contributed by atoms with van der Waals surface area (Å²) < 4.78 is 6.01. The Morgan fingerprint density at radius 2 is 1.04 bits per heavy atom. The molecule has 0 saturated carbocycles. The number of aliphatic carboxylic acids is 1. The fraction of sp³-hybridized carbons (Fsp3) is 0.745. The van der Waals surface area contributed by atoms with E-state index in [2.05, 4.69) is 73.1 Å². The lowest BCUT2D eigenvalue weighted by Crippen LogP contribution is -2.47. The number of esters is 1. The summed E-state index contributed by atoms with van der Waals surface area (Å²) in [5, 5.41) is 22.6. The molecular formula is C47H82N2O7. The molecule has 2 amide bonds. The second-order valence-corrected chi connectivity index (χ2v) is 15.1. The molecular weight excluding hydrogens is 705 g/mol. The fourth-order valence-corrected chi connectivity index (χ4v) is 6.38. The number of aliphatic hydroxyl groups is 1. The number of hydrogen-bond acceptors (Lipinski definition) is 6. The van der Waals surface area contributed by atoms with Crippen molar-refractivity contribution in [1.82, 2.24) is 10.6 Å². The van der Waals surface area contributed by atoms with Crippen molar-refractivity contribution in [3.8, 4) is 0 Å². The van der Waals surface area contributed by atoms with Crippen molar-refractivity contribution in [1.29, 1.82) is 0 Å². The number of ether oxygens (including phenoxy) is 1. The van der Waals surface area contributed by atoms with Gasteiger partial charge in [0.15, 0.2) is 0 Å². The maximum Gasteiger partial charge on any atom is 0.328 e. The highest BCUT2D eigenvalue weighted by Crippen LogP contribution is 2.18. The van der Waals surface area contributed by atoms with Crippen LogP contribution in [0.2, 0.25) is 0 Å². The van der Waals surface area contributed by atoms with Gasteiger partial charge in [-0.3, -0.25) is 14.4 Å². The standard InChI is InChI=1S/C47H82N2O7/c1-3-5-7-9-11-13-15-17-18-20-22-24-26-31-35-39-46(53)56-42(36-32-28-25-23-21-19-16-14-12-10-8-6-4-2)37-33-29-27-30-34-38-44(51)48-40-45(52)49-43(41-50)47(54)55/h5,7,11,13,17-18,23,25,42-43,50H,3-4,6,8-10,12,14-16,19-22,24,26-41H2,1-2H3,(H,48,51)(H,49,52)(H,54,55)/b7-5-,13-11-,18-17-,25-23-. The van der Waals surface area contributed by atoms with Crippen LogP contribution in [0.1, 0.15) is 200 Å². The number of allylic oxidation sites excluding steroid dienone is 8. The number of nitrogens with one attached hydrogen (secondary N) is 2. The zero-order valence-corrected chi connectivity index (χ0v) is 35.6. The third-order valence-electron chi connectivity index (χ3n) is 9.81. The Balaban J connectivity index is 4.39. The normalized spacial score (nSPS) is 12.9. The second kappa shape index (κ2) is 41.4. The predicted molar refractivity (Wildman–Crippen MR) is 231 cm³/mol. The van der Waals surface area contributed by atoms with Gasteiger partial charge in [-0.15, -0.1) is 0 Å². The molecule has 56 heavy (non-hydrogen) atoms. The van der Waals surface area contributed by atoms with E-state index >= 15 is 0 Å². The van der Waals surface area contributed by atoms with Crippen LogP contribution in [0.15, 0.2) is 48.6 Å². The van der Waals surface area contributed by atoms with E-state index in [1.807, 2.05) is 0 Å². The van der Waals surface area contributed by atoms with Crippen LogP contribution in [0.4, 0.5) is 0 Å². The molecule has 2 atom stereocenters. The number of unbranched alkanes of at least 4 members (excludes halogenated alkanes) is 18. The second-order valence-electron chi connectivity index (χ2n) is 15.1. The van der Waals surface area contributed by atoms with Crippen molar-refractivity contribution in [3.05, 3.63) is 48.6 Å². The van der Waals surface area contributed by atoms with Crippen LogP contribution in [0.25, 0.3) is 0 Å². The maximum atomic E-state index is 12.8. The van der Waals surface area contributed by atoms with E-state index in [0.29, 0.717) is 12.8 Å². The lowest BCUT2D eigenvalue weighted by Gasteiger charge is -2.18. The molecule has 0 bridgehead atoms. The van der Waals surface area contributed by atoms with Crippen molar-refractivity contribution < 1.29 is 34.1 Å². The molecule has 0 fully saturated rings. The average Bonchev–Trinajstić information content (AvgIpc) is 3.18. The van der Waals surface area contributed by atoms with E-state index in [9.17, 15) is 19.2 Å². The van der Waals surface area contributed by atoms with Gasteiger partial charge in [0.05, 0.1) is 13.2 Å². The molecule has 322 valence electrons. The van der Waals surface area contributed by atoms with E-state index in [1.165, 1.54) is 64.2 Å². The molecule has 0 saturated heterocycles. The molecule has 0 spiro atoms. The summed E-state index contributed by atoms with van der Waals surface area (Å²) in [5.74, 6) is -2.33. The van der Waals surface area contributed by atoms with E-state index in [-0.39, 0.29) is 30.9 Å². The molecule has 0 radical (unpaired) electrons. The number of amides is 2. The van der Waals surface area contributed by atoms with E-state index < -0.39 is 24.5 Å². The Morgan fingerprint density at radius 3 is 1.62 bits per heavy atom. The zero-order chi connectivity index (χ0) is 41.2. The molecule has 0 rings (SSSR count). The molecule has 0 aliphatic rings. The van der Waals surface area contributed by atoms with Gasteiger partial charge in [0, 0.05) is 12.8 Å². The van der Waals surface area contributed by atoms with Gasteiger partial charge in [0.2, 0.25) is 11.8 Å². The van der Waals surface area contributed by atoms with Gasteiger partial charge in [0.25, 0.3) is 0 Å². The highest BCUT2D eigenvalue weighted by Gasteiger charge is 2.19. The van der Waals surface area contributed by atoms with Crippen LogP contribution >= 0.6 is 0 Å². The number of rotatable bonds is 40. The van der Waals surface area contributed by atoms with E-state index in [1.54, 1.807) is 0 Å². The molecule has 9 nitrogen and oxygen atoms in total. The van der Waals surface area contributed by atoms with Gasteiger partial charge in [-0.05, 0) is 89.9 Å². The van der Waals surface area contributed by atoms with Gasteiger partial charge in [-0.1, -0.05) is 146 Å². The summed E-state index contributed by atoms with van der Waals surface area (Å²) in [6.07, 6.45) is 48.5. The number of aliphatic hydroxyl groups excluding tert-OH is 1. The SMILES string of the molecule is CC/C=C\C/C=C\C/C=C\CCCCCCCC(=O)OC(CCC/C=C\CCCCCCCCCC)CCCCCCCC(=O)NCC(=O)NC(CO)C(=O)O. The molecule has 0 heterocycles. The number of carboxylic acids is 1. The highest BCUT2D eigenvalue weighted by atomic mass is 16.5. The first kappa shape index (κ1) is 52.8. The zero-order valence-electron chi connectivity index (χ0n) is 35.6. The molecule has 9 heteroatoms. The van der Waals surface area contributed by atoms with Gasteiger partial charge >= 0.3 is 11.9 Å². The maximum absolute atomic E-state index is 12.8. The van der Waals surface area contributed by atoms with Crippen LogP contribution < -0.4 is 10.6 Å².